The summed E-state index contributed by atoms with van der Waals surface area (Å²) in [5.41, 5.74) is 9.39. The second-order valence-electron chi connectivity index (χ2n) is 6.52. The van der Waals surface area contributed by atoms with E-state index in [2.05, 4.69) is 44.2 Å². The van der Waals surface area contributed by atoms with Gasteiger partial charge in [-0.1, -0.05) is 29.8 Å². The Hall–Kier alpha value is -1.36. The summed E-state index contributed by atoms with van der Waals surface area (Å²) in [6.45, 7) is 5.77. The van der Waals surface area contributed by atoms with E-state index in [1.807, 2.05) is 10.3 Å². The van der Waals surface area contributed by atoms with Crippen LogP contribution in [0.2, 0.25) is 0 Å². The summed E-state index contributed by atoms with van der Waals surface area (Å²) in [7, 11) is 0. The fourth-order valence-corrected chi connectivity index (χ4v) is 4.09. The number of thiophene rings is 1. The van der Waals surface area contributed by atoms with Gasteiger partial charge in [0, 0.05) is 24.7 Å². The van der Waals surface area contributed by atoms with Crippen LogP contribution in [0.1, 0.15) is 35.0 Å². The number of carbonyl (C=O) groups is 1. The number of halogens is 1. The number of benzene rings is 1. The summed E-state index contributed by atoms with van der Waals surface area (Å²) < 4.78 is 0. The molecular weight excluding hydrogens is 340 g/mol. The lowest BCUT2D eigenvalue weighted by Gasteiger charge is -2.33. The molecule has 3 nitrogen and oxygen atoms in total. The highest BCUT2D eigenvalue weighted by atomic mass is 35.5. The molecule has 3 rings (SSSR count). The lowest BCUT2D eigenvalue weighted by atomic mass is 9.91. The van der Waals surface area contributed by atoms with Crippen molar-refractivity contribution in [2.24, 2.45) is 11.7 Å². The van der Waals surface area contributed by atoms with Gasteiger partial charge in [-0.2, -0.15) is 0 Å². The van der Waals surface area contributed by atoms with E-state index in [0.717, 1.165) is 41.9 Å². The van der Waals surface area contributed by atoms with Gasteiger partial charge in [-0.15, -0.1) is 23.7 Å². The Kier molecular flexibility index (Phi) is 6.44. The molecule has 0 aliphatic carbocycles. The highest BCUT2D eigenvalue weighted by Gasteiger charge is 2.27. The van der Waals surface area contributed by atoms with Crippen molar-refractivity contribution in [3.8, 4) is 11.1 Å². The van der Waals surface area contributed by atoms with E-state index < -0.39 is 0 Å². The lowest BCUT2D eigenvalue weighted by molar-refractivity contribution is 0.0686. The number of rotatable bonds is 3. The predicted octanol–water partition coefficient (Wildman–Crippen LogP) is 4.34. The monoisotopic (exact) mass is 364 g/mol. The first-order valence-electron chi connectivity index (χ1n) is 8.25. The normalized spacial score (nSPS) is 16.5. The van der Waals surface area contributed by atoms with Crippen molar-refractivity contribution in [3.63, 3.8) is 0 Å². The van der Waals surface area contributed by atoms with E-state index in [1.165, 1.54) is 5.56 Å². The van der Waals surface area contributed by atoms with Crippen molar-refractivity contribution in [2.45, 2.75) is 32.7 Å². The molecule has 5 heteroatoms. The minimum absolute atomic E-state index is 0. The Bertz CT molecular complexity index is 673. The molecule has 0 spiro atoms. The summed E-state index contributed by atoms with van der Waals surface area (Å²) in [4.78, 5) is 15.7. The highest BCUT2D eigenvalue weighted by Crippen LogP contribution is 2.31. The van der Waals surface area contributed by atoms with E-state index in [0.29, 0.717) is 5.92 Å². The fourth-order valence-electron chi connectivity index (χ4n) is 3.21. The van der Waals surface area contributed by atoms with E-state index in [4.69, 9.17) is 5.73 Å². The van der Waals surface area contributed by atoms with Crippen LogP contribution in [0, 0.1) is 12.8 Å². The number of amides is 1. The maximum atomic E-state index is 12.9. The second kappa shape index (κ2) is 8.15. The van der Waals surface area contributed by atoms with Gasteiger partial charge in [0.15, 0.2) is 0 Å². The van der Waals surface area contributed by atoms with E-state index in [1.54, 1.807) is 11.3 Å². The molecule has 1 unspecified atom stereocenters. The van der Waals surface area contributed by atoms with Crippen LogP contribution >= 0.6 is 23.7 Å². The molecule has 1 aliphatic rings. The number of carbonyl (C=O) groups excluding carboxylic acids is 1. The van der Waals surface area contributed by atoms with E-state index in [-0.39, 0.29) is 24.4 Å². The molecule has 130 valence electrons. The smallest absolute Gasteiger partial charge is 0.264 e. The van der Waals surface area contributed by atoms with Crippen LogP contribution < -0.4 is 5.73 Å². The molecule has 1 aliphatic heterocycles. The van der Waals surface area contributed by atoms with Crippen LogP contribution in [-0.2, 0) is 0 Å². The number of nitrogens with zero attached hydrogens (tertiary/aromatic N) is 1. The summed E-state index contributed by atoms with van der Waals surface area (Å²) in [6.07, 6.45) is 2.02. The Balaban J connectivity index is 0.00000208. The Labute approximate surface area is 154 Å². The molecule has 0 bridgehead atoms. The maximum Gasteiger partial charge on any atom is 0.264 e. The zero-order valence-electron chi connectivity index (χ0n) is 14.2. The van der Waals surface area contributed by atoms with Gasteiger partial charge < -0.3 is 10.6 Å². The van der Waals surface area contributed by atoms with Gasteiger partial charge in [-0.25, -0.2) is 0 Å². The molecule has 1 saturated heterocycles. The molecule has 1 atom stereocenters. The van der Waals surface area contributed by atoms with Crippen LogP contribution in [0.25, 0.3) is 11.1 Å². The third-order valence-electron chi connectivity index (χ3n) is 4.79. The molecule has 0 saturated carbocycles. The molecule has 1 aromatic heterocycles. The average molecular weight is 365 g/mol. The van der Waals surface area contributed by atoms with Crippen molar-refractivity contribution in [2.75, 3.05) is 13.1 Å². The fraction of sp³-hybridized carbons (Fsp3) is 0.421. The standard InChI is InChI=1S/C19H24N2OS.ClH/c1-13-3-5-16(6-4-13)17-9-12-23-18(17)19(22)21-10-7-15(8-11-21)14(2)20;/h3-6,9,12,14-15H,7-8,10-11,20H2,1-2H3;1H. The molecule has 1 aromatic carbocycles. The van der Waals surface area contributed by atoms with Crippen LogP contribution in [0.15, 0.2) is 35.7 Å². The van der Waals surface area contributed by atoms with Crippen molar-refractivity contribution >= 4 is 29.7 Å². The number of aryl methyl sites for hydroxylation is 1. The highest BCUT2D eigenvalue weighted by molar-refractivity contribution is 7.12. The number of likely N-dealkylation sites (tertiary alicyclic amines) is 1. The van der Waals surface area contributed by atoms with Gasteiger partial charge >= 0.3 is 0 Å². The van der Waals surface area contributed by atoms with Gasteiger partial charge in [0.25, 0.3) is 5.91 Å². The number of hydrogen-bond acceptors (Lipinski definition) is 3. The van der Waals surface area contributed by atoms with Crippen LogP contribution in [0.5, 0.6) is 0 Å². The summed E-state index contributed by atoms with van der Waals surface area (Å²) in [5, 5.41) is 2.01. The summed E-state index contributed by atoms with van der Waals surface area (Å²) in [5.74, 6) is 0.706. The quantitative estimate of drug-likeness (QED) is 0.880. The lowest BCUT2D eigenvalue weighted by Crippen LogP contribution is -2.42. The van der Waals surface area contributed by atoms with Gasteiger partial charge in [0.2, 0.25) is 0 Å². The molecular formula is C19H25ClN2OS. The maximum absolute atomic E-state index is 12.9. The molecule has 24 heavy (non-hydrogen) atoms. The first-order chi connectivity index (χ1) is 11.1. The molecule has 2 N–H and O–H groups in total. The summed E-state index contributed by atoms with van der Waals surface area (Å²) in [6, 6.07) is 10.6. The number of nitrogens with two attached hydrogens (primary N) is 1. The largest absolute Gasteiger partial charge is 0.338 e. The topological polar surface area (TPSA) is 46.3 Å². The van der Waals surface area contributed by atoms with Gasteiger partial charge in [0.1, 0.15) is 0 Å². The van der Waals surface area contributed by atoms with Crippen LogP contribution in [0.4, 0.5) is 0 Å². The number of piperidine rings is 1. The first-order valence-corrected chi connectivity index (χ1v) is 9.13. The second-order valence-corrected chi connectivity index (χ2v) is 7.43. The summed E-state index contributed by atoms with van der Waals surface area (Å²) >= 11 is 1.54. The van der Waals surface area contributed by atoms with Crippen molar-refractivity contribution in [1.29, 1.82) is 0 Å². The molecule has 1 fully saturated rings. The van der Waals surface area contributed by atoms with Gasteiger partial charge in [0.05, 0.1) is 4.88 Å². The van der Waals surface area contributed by atoms with Gasteiger partial charge in [-0.3, -0.25) is 4.79 Å². The number of hydrogen-bond donors (Lipinski definition) is 1. The minimum Gasteiger partial charge on any atom is -0.338 e. The first kappa shape index (κ1) is 19.0. The van der Waals surface area contributed by atoms with Crippen molar-refractivity contribution < 1.29 is 4.79 Å². The molecule has 1 amide bonds. The SMILES string of the molecule is Cc1ccc(-c2ccsc2C(=O)N2CCC(C(C)N)CC2)cc1.Cl. The van der Waals surface area contributed by atoms with Crippen LogP contribution in [0.3, 0.4) is 0 Å². The molecule has 0 radical (unpaired) electrons. The Morgan fingerprint density at radius 1 is 1.21 bits per heavy atom. The Morgan fingerprint density at radius 2 is 1.83 bits per heavy atom. The van der Waals surface area contributed by atoms with Crippen molar-refractivity contribution in [3.05, 3.63) is 46.2 Å². The third-order valence-corrected chi connectivity index (χ3v) is 5.69. The van der Waals surface area contributed by atoms with E-state index >= 15 is 0 Å². The van der Waals surface area contributed by atoms with Crippen LogP contribution in [-0.4, -0.2) is 29.9 Å². The minimum atomic E-state index is 0. The molecule has 2 aromatic rings. The van der Waals surface area contributed by atoms with E-state index in [9.17, 15) is 4.79 Å². The molecule has 2 heterocycles. The zero-order valence-corrected chi connectivity index (χ0v) is 15.8. The third kappa shape index (κ3) is 4.00. The van der Waals surface area contributed by atoms with Crippen molar-refractivity contribution in [1.82, 2.24) is 4.90 Å². The Morgan fingerprint density at radius 3 is 2.42 bits per heavy atom. The average Bonchev–Trinajstić information content (AvgIpc) is 3.04. The predicted molar refractivity (Wildman–Crippen MR) is 104 cm³/mol. The zero-order chi connectivity index (χ0) is 16.4. The van der Waals surface area contributed by atoms with Gasteiger partial charge in [-0.05, 0) is 49.6 Å².